The zero-order valence-electron chi connectivity index (χ0n) is 13.4. The monoisotopic (exact) mass is 337 g/mol. The second-order valence-electron chi connectivity index (χ2n) is 6.04. The first-order chi connectivity index (χ1) is 11.8. The Morgan fingerprint density at radius 3 is 2.83 bits per heavy atom. The van der Waals surface area contributed by atoms with Crippen LogP contribution in [-0.4, -0.2) is 22.3 Å². The van der Waals surface area contributed by atoms with Gasteiger partial charge in [0, 0.05) is 26.1 Å². The Hall–Kier alpha value is -2.40. The lowest BCUT2D eigenvalue weighted by molar-refractivity contribution is -0.128. The van der Waals surface area contributed by atoms with Gasteiger partial charge in [-0.1, -0.05) is 24.3 Å². The number of benzene rings is 1. The average Bonchev–Trinajstić information content (AvgIpc) is 3.23. The van der Waals surface area contributed by atoms with Crippen molar-refractivity contribution in [1.29, 1.82) is 0 Å². The molecule has 0 unspecified atom stereocenters. The number of carbonyl (C=O) groups is 1. The van der Waals surface area contributed by atoms with Crippen LogP contribution in [0.2, 0.25) is 0 Å². The Morgan fingerprint density at radius 2 is 2.00 bits per heavy atom. The molecule has 1 amide bonds. The van der Waals surface area contributed by atoms with E-state index in [1.165, 1.54) is 15.8 Å². The molecule has 1 aromatic carbocycles. The zero-order valence-corrected chi connectivity index (χ0v) is 14.2. The summed E-state index contributed by atoms with van der Waals surface area (Å²) in [6.07, 6.45) is 1.66. The van der Waals surface area contributed by atoms with E-state index in [2.05, 4.69) is 33.9 Å². The number of hydrogen-bond acceptors (Lipinski definition) is 4. The summed E-state index contributed by atoms with van der Waals surface area (Å²) in [5.74, 6) is 1.15. The van der Waals surface area contributed by atoms with Crippen LogP contribution in [0.15, 0.2) is 47.8 Å². The van der Waals surface area contributed by atoms with E-state index in [1.807, 2.05) is 29.2 Å². The number of anilines is 1. The zero-order chi connectivity index (χ0) is 16.4. The maximum absolute atomic E-state index is 11.9. The van der Waals surface area contributed by atoms with Crippen molar-refractivity contribution in [2.75, 3.05) is 11.9 Å². The smallest absolute Gasteiger partial charge is 0.222 e. The Labute approximate surface area is 145 Å². The highest BCUT2D eigenvalue weighted by Crippen LogP contribution is 2.22. The van der Waals surface area contributed by atoms with Crippen molar-refractivity contribution in [3.05, 3.63) is 59.0 Å². The lowest BCUT2D eigenvalue weighted by atomic mass is 10.1. The third kappa shape index (κ3) is 3.12. The molecule has 1 aliphatic rings. The maximum Gasteiger partial charge on any atom is 0.222 e. The van der Waals surface area contributed by atoms with E-state index in [1.54, 1.807) is 11.3 Å². The van der Waals surface area contributed by atoms with Crippen LogP contribution in [-0.2, 0) is 17.9 Å². The minimum absolute atomic E-state index is 0.266. The third-order valence-corrected chi connectivity index (χ3v) is 5.29. The quantitative estimate of drug-likeness (QED) is 0.764. The molecule has 0 bridgehead atoms. The van der Waals surface area contributed by atoms with Crippen molar-refractivity contribution in [2.24, 2.45) is 0 Å². The Morgan fingerprint density at radius 1 is 1.12 bits per heavy atom. The first-order valence-electron chi connectivity index (χ1n) is 8.22. The largest absolute Gasteiger partial charge is 0.366 e. The van der Waals surface area contributed by atoms with Crippen LogP contribution < -0.4 is 5.32 Å². The molecule has 0 saturated carbocycles. The average molecular weight is 337 g/mol. The summed E-state index contributed by atoms with van der Waals surface area (Å²) in [5.41, 5.74) is 3.45. The fourth-order valence-corrected chi connectivity index (χ4v) is 3.82. The van der Waals surface area contributed by atoms with Gasteiger partial charge in [0.25, 0.3) is 0 Å². The van der Waals surface area contributed by atoms with Crippen molar-refractivity contribution >= 4 is 33.3 Å². The number of carbonyl (C=O) groups excluding carboxylic acids is 1. The molecule has 1 saturated heterocycles. The van der Waals surface area contributed by atoms with Crippen molar-refractivity contribution in [3.63, 3.8) is 0 Å². The van der Waals surface area contributed by atoms with Gasteiger partial charge in [-0.3, -0.25) is 4.79 Å². The van der Waals surface area contributed by atoms with Crippen LogP contribution in [0.1, 0.15) is 24.0 Å². The summed E-state index contributed by atoms with van der Waals surface area (Å²) in [6, 6.07) is 14.5. The van der Waals surface area contributed by atoms with Gasteiger partial charge in [-0.15, -0.1) is 11.3 Å². The topological polar surface area (TPSA) is 45.2 Å². The fraction of sp³-hybridized carbons (Fsp3) is 0.263. The van der Waals surface area contributed by atoms with Crippen LogP contribution in [0.5, 0.6) is 0 Å². The summed E-state index contributed by atoms with van der Waals surface area (Å²) in [7, 11) is 0. The van der Waals surface area contributed by atoms with E-state index < -0.39 is 0 Å². The molecule has 2 aromatic heterocycles. The number of pyridine rings is 1. The van der Waals surface area contributed by atoms with Crippen LogP contribution in [0.4, 0.5) is 5.82 Å². The Balaban J connectivity index is 1.48. The number of nitrogens with one attached hydrogen (secondary N) is 1. The molecule has 3 heterocycles. The molecule has 3 aromatic rings. The minimum atomic E-state index is 0.266. The first-order valence-corrected chi connectivity index (χ1v) is 9.10. The lowest BCUT2D eigenvalue weighted by Gasteiger charge is -2.18. The van der Waals surface area contributed by atoms with Crippen LogP contribution in [0.25, 0.3) is 10.2 Å². The van der Waals surface area contributed by atoms with Gasteiger partial charge < -0.3 is 10.2 Å². The molecule has 0 atom stereocenters. The molecular weight excluding hydrogens is 318 g/mol. The van der Waals surface area contributed by atoms with Crippen molar-refractivity contribution in [3.8, 4) is 0 Å². The van der Waals surface area contributed by atoms with Gasteiger partial charge in [-0.25, -0.2) is 4.98 Å². The first kappa shape index (κ1) is 15.1. The van der Waals surface area contributed by atoms with Gasteiger partial charge in [0.05, 0.1) is 10.2 Å². The number of hydrogen-bond donors (Lipinski definition) is 1. The second-order valence-corrected chi connectivity index (χ2v) is 6.99. The van der Waals surface area contributed by atoms with E-state index in [4.69, 9.17) is 0 Å². The number of rotatable bonds is 5. The second kappa shape index (κ2) is 6.61. The van der Waals surface area contributed by atoms with Crippen LogP contribution in [0.3, 0.4) is 0 Å². The van der Waals surface area contributed by atoms with E-state index in [0.717, 1.165) is 24.3 Å². The predicted octanol–water partition coefficient (Wildman–Crippen LogP) is 4.03. The van der Waals surface area contributed by atoms with Gasteiger partial charge in [-0.2, -0.15) is 0 Å². The normalized spacial score (nSPS) is 14.5. The minimum Gasteiger partial charge on any atom is -0.366 e. The molecule has 0 aliphatic carbocycles. The molecule has 0 radical (unpaired) electrons. The van der Waals surface area contributed by atoms with E-state index in [9.17, 15) is 4.79 Å². The predicted molar refractivity (Wildman–Crippen MR) is 98.0 cm³/mol. The fourth-order valence-electron chi connectivity index (χ4n) is 3.10. The highest BCUT2D eigenvalue weighted by Gasteiger charge is 2.20. The summed E-state index contributed by atoms with van der Waals surface area (Å²) >= 11 is 1.70. The molecule has 5 heteroatoms. The molecule has 24 heavy (non-hydrogen) atoms. The van der Waals surface area contributed by atoms with Gasteiger partial charge >= 0.3 is 0 Å². The van der Waals surface area contributed by atoms with Crippen LogP contribution in [0, 0.1) is 0 Å². The Kier molecular flexibility index (Phi) is 4.17. The highest BCUT2D eigenvalue weighted by atomic mass is 32.1. The van der Waals surface area contributed by atoms with Gasteiger partial charge in [0.1, 0.15) is 5.82 Å². The van der Waals surface area contributed by atoms with Gasteiger partial charge in [0.15, 0.2) is 0 Å². The third-order valence-electron chi connectivity index (χ3n) is 4.42. The number of thiophene rings is 1. The maximum atomic E-state index is 11.9. The summed E-state index contributed by atoms with van der Waals surface area (Å²) in [4.78, 5) is 18.5. The molecule has 1 N–H and O–H groups in total. The summed E-state index contributed by atoms with van der Waals surface area (Å²) in [5, 5.41) is 5.47. The number of likely N-dealkylation sites (tertiary alicyclic amines) is 1. The molecule has 0 spiro atoms. The SMILES string of the molecule is O=C1CCCN1Cc1ccccc1CNc1ccc2sccc2n1. The summed E-state index contributed by atoms with van der Waals surface area (Å²) in [6.45, 7) is 2.28. The number of aromatic nitrogens is 1. The molecule has 1 fully saturated rings. The standard InChI is InChI=1S/C19H19N3OS/c23-19-6-3-10-22(19)13-15-5-2-1-4-14(15)12-20-18-8-7-17-16(21-18)9-11-24-17/h1-2,4-5,7-9,11H,3,6,10,12-13H2,(H,20,21). The highest BCUT2D eigenvalue weighted by molar-refractivity contribution is 7.17. The summed E-state index contributed by atoms with van der Waals surface area (Å²) < 4.78 is 1.20. The van der Waals surface area contributed by atoms with Crippen molar-refractivity contribution in [2.45, 2.75) is 25.9 Å². The lowest BCUT2D eigenvalue weighted by Crippen LogP contribution is -2.24. The number of nitrogens with zero attached hydrogens (tertiary/aromatic N) is 2. The molecule has 4 nitrogen and oxygen atoms in total. The van der Waals surface area contributed by atoms with Crippen LogP contribution >= 0.6 is 11.3 Å². The Bertz CT molecular complexity index is 874. The van der Waals surface area contributed by atoms with E-state index >= 15 is 0 Å². The van der Waals surface area contributed by atoms with Gasteiger partial charge in [-0.05, 0) is 41.1 Å². The molecule has 122 valence electrons. The van der Waals surface area contributed by atoms with Crippen molar-refractivity contribution < 1.29 is 4.79 Å². The molecule has 1 aliphatic heterocycles. The number of amides is 1. The van der Waals surface area contributed by atoms with E-state index in [-0.39, 0.29) is 5.91 Å². The molecule has 4 rings (SSSR count). The molecular formula is C19H19N3OS. The number of fused-ring (bicyclic) bond motifs is 1. The van der Waals surface area contributed by atoms with Crippen molar-refractivity contribution in [1.82, 2.24) is 9.88 Å². The van der Waals surface area contributed by atoms with E-state index in [0.29, 0.717) is 19.5 Å². The van der Waals surface area contributed by atoms with Gasteiger partial charge in [0.2, 0.25) is 5.91 Å².